The molecule has 386 valence electrons. The number of allylic oxidation sites excluding steroid dienone is 6. The maximum Gasteiger partial charge on any atom is 0.416 e. The Hall–Kier alpha value is -5.82. The SMILES string of the molecule is CC.CN.Cc1ccc(C(CC2=CC=CCC2)(NC2=CC(C)CC=C2)c2ccc(C)c(C(F)(F)F)c2)nc1.Cc1ccc(C(Cc2ccccc2)(NCNC2CCCC2)c2ccc(F)c(C(C)(F)F)c2)nc1. The Morgan fingerprint density at radius 1 is 0.722 bits per heavy atom. The van der Waals surface area contributed by atoms with Crippen molar-refractivity contribution >= 4 is 0 Å². The Labute approximate surface area is 424 Å². The van der Waals surface area contributed by atoms with Crippen molar-refractivity contribution in [2.24, 2.45) is 11.7 Å². The van der Waals surface area contributed by atoms with Gasteiger partial charge in [-0.2, -0.15) is 13.2 Å². The van der Waals surface area contributed by atoms with Gasteiger partial charge in [-0.25, -0.2) is 13.2 Å². The number of halogens is 6. The maximum atomic E-state index is 14.5. The van der Waals surface area contributed by atoms with E-state index in [1.54, 1.807) is 24.5 Å². The minimum atomic E-state index is -4.43. The van der Waals surface area contributed by atoms with Gasteiger partial charge in [0.2, 0.25) is 0 Å². The van der Waals surface area contributed by atoms with Crippen LogP contribution in [0.3, 0.4) is 0 Å². The molecule has 0 saturated heterocycles. The molecule has 5 N–H and O–H groups in total. The molecule has 0 amide bonds. The van der Waals surface area contributed by atoms with Crippen LogP contribution in [0.25, 0.3) is 0 Å². The topological polar surface area (TPSA) is 87.9 Å². The van der Waals surface area contributed by atoms with Gasteiger partial charge in [-0.15, -0.1) is 0 Å². The number of benzene rings is 3. The zero-order chi connectivity index (χ0) is 52.5. The van der Waals surface area contributed by atoms with E-state index >= 15 is 0 Å². The number of rotatable bonds is 15. The van der Waals surface area contributed by atoms with Gasteiger partial charge in [0.1, 0.15) is 11.4 Å². The number of nitrogens with two attached hydrogens (primary N) is 1. The number of aryl methyl sites for hydroxylation is 3. The second-order valence-corrected chi connectivity index (χ2v) is 18.9. The van der Waals surface area contributed by atoms with E-state index in [1.165, 1.54) is 44.5 Å². The summed E-state index contributed by atoms with van der Waals surface area (Å²) < 4.78 is 85.0. The summed E-state index contributed by atoms with van der Waals surface area (Å²) in [6.07, 6.45) is 20.0. The summed E-state index contributed by atoms with van der Waals surface area (Å²) in [4.78, 5) is 9.47. The van der Waals surface area contributed by atoms with Crippen LogP contribution in [0.1, 0.15) is 135 Å². The number of aromatic nitrogens is 2. The van der Waals surface area contributed by atoms with E-state index in [1.807, 2.05) is 101 Å². The highest BCUT2D eigenvalue weighted by molar-refractivity contribution is 5.46. The van der Waals surface area contributed by atoms with Gasteiger partial charge < -0.3 is 16.4 Å². The van der Waals surface area contributed by atoms with Gasteiger partial charge in [-0.05, 0) is 136 Å². The molecule has 2 aromatic heterocycles. The van der Waals surface area contributed by atoms with Crippen molar-refractivity contribution in [1.82, 2.24) is 25.9 Å². The highest BCUT2D eigenvalue weighted by atomic mass is 19.4. The summed E-state index contributed by atoms with van der Waals surface area (Å²) >= 11 is 0. The minimum Gasteiger partial charge on any atom is -0.370 e. The zero-order valence-corrected chi connectivity index (χ0v) is 43.2. The van der Waals surface area contributed by atoms with Gasteiger partial charge in [0, 0.05) is 50.6 Å². The van der Waals surface area contributed by atoms with E-state index < -0.39 is 40.1 Å². The van der Waals surface area contributed by atoms with Crippen molar-refractivity contribution < 1.29 is 26.3 Å². The molecule has 8 rings (SSSR count). The molecule has 1 saturated carbocycles. The fourth-order valence-electron chi connectivity index (χ4n) is 9.57. The molecule has 2 heterocycles. The van der Waals surface area contributed by atoms with Crippen LogP contribution in [-0.4, -0.2) is 29.7 Å². The first-order valence-electron chi connectivity index (χ1n) is 25.3. The molecule has 3 atom stereocenters. The molecule has 3 aliphatic rings. The Bertz CT molecular complexity index is 2590. The summed E-state index contributed by atoms with van der Waals surface area (Å²) in [7, 11) is 1.50. The average Bonchev–Trinajstić information content (AvgIpc) is 3.89. The number of alkyl halides is 5. The van der Waals surface area contributed by atoms with Gasteiger partial charge in [-0.3, -0.25) is 15.3 Å². The average molecular weight is 993 g/mol. The molecule has 0 radical (unpaired) electrons. The molecule has 6 nitrogen and oxygen atoms in total. The van der Waals surface area contributed by atoms with Crippen molar-refractivity contribution in [2.45, 2.75) is 135 Å². The quantitative estimate of drug-likeness (QED) is 0.0617. The third kappa shape index (κ3) is 14.9. The monoisotopic (exact) mass is 993 g/mol. The van der Waals surface area contributed by atoms with Crippen molar-refractivity contribution in [3.63, 3.8) is 0 Å². The van der Waals surface area contributed by atoms with E-state index in [-0.39, 0.29) is 5.56 Å². The lowest BCUT2D eigenvalue weighted by Crippen LogP contribution is -2.51. The summed E-state index contributed by atoms with van der Waals surface area (Å²) in [5, 5.41) is 10.9. The Morgan fingerprint density at radius 2 is 1.33 bits per heavy atom. The Balaban J connectivity index is 0.000000250. The number of nitrogens with one attached hydrogen (secondary N) is 3. The first kappa shape index (κ1) is 57.1. The lowest BCUT2D eigenvalue weighted by atomic mass is 9.77. The van der Waals surface area contributed by atoms with Crippen molar-refractivity contribution in [2.75, 3.05) is 13.7 Å². The Morgan fingerprint density at radius 3 is 1.90 bits per heavy atom. The van der Waals surface area contributed by atoms with Gasteiger partial charge in [0.25, 0.3) is 5.92 Å². The molecule has 0 aliphatic heterocycles. The molecule has 1 fully saturated rings. The van der Waals surface area contributed by atoms with E-state index in [0.29, 0.717) is 54.0 Å². The second-order valence-electron chi connectivity index (χ2n) is 18.9. The molecule has 72 heavy (non-hydrogen) atoms. The van der Waals surface area contributed by atoms with Crippen LogP contribution in [0.2, 0.25) is 0 Å². The molecule has 3 aliphatic carbocycles. The predicted octanol–water partition coefficient (Wildman–Crippen LogP) is 14.5. The van der Waals surface area contributed by atoms with Crippen molar-refractivity contribution in [3.05, 3.63) is 213 Å². The molecule has 5 aromatic rings. The van der Waals surface area contributed by atoms with E-state index in [4.69, 9.17) is 9.97 Å². The van der Waals surface area contributed by atoms with Crippen LogP contribution in [0, 0.1) is 32.5 Å². The molecule has 3 unspecified atom stereocenters. The van der Waals surface area contributed by atoms with Gasteiger partial charge in [0.05, 0.1) is 28.1 Å². The van der Waals surface area contributed by atoms with E-state index in [9.17, 15) is 26.3 Å². The maximum absolute atomic E-state index is 14.5. The van der Waals surface area contributed by atoms with Gasteiger partial charge >= 0.3 is 6.18 Å². The number of nitrogens with zero attached hydrogens (tertiary/aromatic N) is 2. The number of hydrogen-bond acceptors (Lipinski definition) is 6. The molecule has 12 heteroatoms. The first-order chi connectivity index (χ1) is 34.4. The minimum absolute atomic E-state index is 0.215. The van der Waals surface area contributed by atoms with E-state index in [2.05, 4.69) is 52.9 Å². The number of hydrogen-bond donors (Lipinski definition) is 4. The van der Waals surface area contributed by atoms with Crippen LogP contribution in [0.15, 0.2) is 151 Å². The van der Waals surface area contributed by atoms with Crippen molar-refractivity contribution in [3.8, 4) is 0 Å². The molecule has 3 aromatic carbocycles. The standard InChI is InChI=1S/C29H31F3N2.C28H32F3N3.C2H6.CH5N/c1-20-8-7-11-25(16-20)34-28(18-23-9-5-4-6-10-23,27-15-12-21(2)19-33-27)24-14-13-22(3)26(17-24)29(30,31)32;1-20-12-15-26(32-18-20)28(17-21-8-4-3-5-9-21,34-19-33-23-10-6-7-11-23)22-13-14-25(29)24(16-22)27(2,30)31;2*1-2/h4-5,7,9,11-17,19-20,34H,6,8,10,18H2,1-3H3;3-5,8-9,12-16,18,23,33-34H,6-7,10-11,17,19H2,1-2H3;1-2H3;2H2,1H3. The lowest BCUT2D eigenvalue weighted by molar-refractivity contribution is -0.138. The summed E-state index contributed by atoms with van der Waals surface area (Å²) in [6.45, 7) is 12.8. The van der Waals surface area contributed by atoms with E-state index in [0.717, 1.165) is 67.5 Å². The fraction of sp³-hybridized carbons (Fsp3) is 0.400. The normalized spacial score (nSPS) is 17.3. The molecular weight excluding hydrogens is 919 g/mol. The summed E-state index contributed by atoms with van der Waals surface area (Å²) in [5.74, 6) is -3.87. The highest BCUT2D eigenvalue weighted by Crippen LogP contribution is 2.42. The van der Waals surface area contributed by atoms with Crippen LogP contribution in [0.4, 0.5) is 26.3 Å². The second kappa shape index (κ2) is 26.2. The van der Waals surface area contributed by atoms with Gasteiger partial charge in [-0.1, -0.05) is 130 Å². The van der Waals surface area contributed by atoms with Crippen LogP contribution in [0.5, 0.6) is 0 Å². The fourth-order valence-corrected chi connectivity index (χ4v) is 9.57. The largest absolute Gasteiger partial charge is 0.416 e. The summed E-state index contributed by atoms with van der Waals surface area (Å²) in [5.41, 5.74) is 9.24. The van der Waals surface area contributed by atoms with Crippen LogP contribution < -0.4 is 21.7 Å². The third-order valence-corrected chi connectivity index (χ3v) is 13.3. The van der Waals surface area contributed by atoms with Crippen molar-refractivity contribution in [1.29, 1.82) is 0 Å². The smallest absolute Gasteiger partial charge is 0.370 e. The van der Waals surface area contributed by atoms with Crippen LogP contribution >= 0.6 is 0 Å². The highest BCUT2D eigenvalue weighted by Gasteiger charge is 2.41. The molecular formula is C60H74F6N6. The molecule has 0 spiro atoms. The molecule has 0 bridgehead atoms. The summed E-state index contributed by atoms with van der Waals surface area (Å²) in [6, 6.07) is 26.8. The first-order valence-corrected chi connectivity index (χ1v) is 25.3. The zero-order valence-electron chi connectivity index (χ0n) is 43.2. The third-order valence-electron chi connectivity index (χ3n) is 13.3. The number of pyridine rings is 2. The Kier molecular flexibility index (Phi) is 20.8. The lowest BCUT2D eigenvalue weighted by Gasteiger charge is -2.39. The van der Waals surface area contributed by atoms with Crippen LogP contribution in [-0.2, 0) is 29.6 Å². The predicted molar refractivity (Wildman–Crippen MR) is 282 cm³/mol. The van der Waals surface area contributed by atoms with Gasteiger partial charge in [0.15, 0.2) is 0 Å².